The molecule has 142 valence electrons. The Morgan fingerprint density at radius 2 is 1.74 bits per heavy atom. The predicted octanol–water partition coefficient (Wildman–Crippen LogP) is 2.77. The molecule has 0 radical (unpaired) electrons. The van der Waals surface area contributed by atoms with Crippen molar-refractivity contribution in [3.05, 3.63) is 77.9 Å². The molecule has 1 unspecified atom stereocenters. The van der Waals surface area contributed by atoms with E-state index in [1.165, 1.54) is 13.3 Å². The van der Waals surface area contributed by atoms with Gasteiger partial charge in [0.15, 0.2) is 0 Å². The van der Waals surface area contributed by atoms with Gasteiger partial charge in [-0.05, 0) is 29.8 Å². The molecule has 1 N–H and O–H groups in total. The number of imidazole rings is 1. The lowest BCUT2D eigenvalue weighted by molar-refractivity contribution is 0.414. The number of aryl methyl sites for hydroxylation is 1. The van der Waals surface area contributed by atoms with Crippen LogP contribution in [-0.2, 0) is 17.1 Å². The van der Waals surface area contributed by atoms with Crippen LogP contribution in [0.2, 0.25) is 0 Å². The second-order valence-electron chi connectivity index (χ2n) is 5.83. The number of nitrogens with zero attached hydrogens (tertiary/aromatic N) is 2. The van der Waals surface area contributed by atoms with Gasteiger partial charge in [0.2, 0.25) is 10.0 Å². The van der Waals surface area contributed by atoms with Crippen LogP contribution in [0.1, 0.15) is 17.4 Å². The number of benzene rings is 2. The Labute approximate surface area is 155 Å². The van der Waals surface area contributed by atoms with E-state index in [2.05, 4.69) is 9.71 Å². The van der Waals surface area contributed by atoms with Gasteiger partial charge < -0.3 is 9.30 Å². The average Bonchev–Trinajstić information content (AvgIpc) is 3.05. The zero-order chi connectivity index (χ0) is 19.6. The van der Waals surface area contributed by atoms with E-state index >= 15 is 0 Å². The van der Waals surface area contributed by atoms with E-state index in [1.54, 1.807) is 42.1 Å². The van der Waals surface area contributed by atoms with Gasteiger partial charge in [-0.3, -0.25) is 0 Å². The fourth-order valence-electron chi connectivity index (χ4n) is 2.63. The molecular weight excluding hydrogens is 376 g/mol. The summed E-state index contributed by atoms with van der Waals surface area (Å²) in [6.07, 6.45) is 3.20. The van der Waals surface area contributed by atoms with Gasteiger partial charge in [-0.2, -0.15) is 4.72 Å². The predicted molar refractivity (Wildman–Crippen MR) is 94.7 cm³/mol. The van der Waals surface area contributed by atoms with Gasteiger partial charge in [0.25, 0.3) is 0 Å². The summed E-state index contributed by atoms with van der Waals surface area (Å²) in [5.74, 6) is -0.935. The van der Waals surface area contributed by atoms with Crippen LogP contribution in [0.5, 0.6) is 5.75 Å². The molecule has 0 saturated heterocycles. The number of halogens is 2. The Balaban J connectivity index is 2.04. The van der Waals surface area contributed by atoms with Crippen molar-refractivity contribution in [2.24, 2.45) is 7.05 Å². The Bertz CT molecular complexity index is 1030. The standard InChI is InChI=1S/C18H17F2N3O3S/c1-23-8-7-21-18(23)17(12-3-5-15(26-2)6-4-12)22-27(24,25)16-10-13(19)9-14(20)11-16/h3-11,17,22H,1-2H3. The molecular formula is C18H17F2N3O3S. The highest BCUT2D eigenvalue weighted by Crippen LogP contribution is 2.25. The fraction of sp³-hybridized carbons (Fsp3) is 0.167. The summed E-state index contributed by atoms with van der Waals surface area (Å²) in [6.45, 7) is 0. The molecule has 6 nitrogen and oxygen atoms in total. The molecule has 2 aromatic carbocycles. The molecule has 1 aromatic heterocycles. The van der Waals surface area contributed by atoms with E-state index in [4.69, 9.17) is 4.74 Å². The van der Waals surface area contributed by atoms with Gasteiger partial charge in [0.1, 0.15) is 29.3 Å². The minimum Gasteiger partial charge on any atom is -0.497 e. The second kappa shape index (κ2) is 7.45. The van der Waals surface area contributed by atoms with Gasteiger partial charge in [0.05, 0.1) is 12.0 Å². The minimum atomic E-state index is -4.23. The largest absolute Gasteiger partial charge is 0.497 e. The van der Waals surface area contributed by atoms with Crippen LogP contribution in [0.3, 0.4) is 0 Å². The summed E-state index contributed by atoms with van der Waals surface area (Å²) in [4.78, 5) is 3.70. The highest BCUT2D eigenvalue weighted by Gasteiger charge is 2.26. The maximum Gasteiger partial charge on any atom is 0.241 e. The van der Waals surface area contributed by atoms with Gasteiger partial charge in [-0.1, -0.05) is 12.1 Å². The second-order valence-corrected chi connectivity index (χ2v) is 7.54. The number of rotatable bonds is 6. The van der Waals surface area contributed by atoms with E-state index in [0.717, 1.165) is 12.1 Å². The Hall–Kier alpha value is -2.78. The lowest BCUT2D eigenvalue weighted by atomic mass is 10.1. The first-order chi connectivity index (χ1) is 12.8. The molecule has 0 aliphatic rings. The van der Waals surface area contributed by atoms with Crippen LogP contribution in [0, 0.1) is 11.6 Å². The van der Waals surface area contributed by atoms with Crippen molar-refractivity contribution < 1.29 is 21.9 Å². The zero-order valence-electron chi connectivity index (χ0n) is 14.6. The highest BCUT2D eigenvalue weighted by atomic mass is 32.2. The van der Waals surface area contributed by atoms with Crippen LogP contribution in [0.15, 0.2) is 59.8 Å². The summed E-state index contributed by atoms with van der Waals surface area (Å²) in [5.41, 5.74) is 0.588. The molecule has 0 bridgehead atoms. The number of hydrogen-bond acceptors (Lipinski definition) is 4. The minimum absolute atomic E-state index is 0.417. The maximum atomic E-state index is 13.5. The van der Waals surface area contributed by atoms with Gasteiger partial charge in [-0.15, -0.1) is 0 Å². The van der Waals surface area contributed by atoms with Crippen molar-refractivity contribution in [1.82, 2.24) is 14.3 Å². The summed E-state index contributed by atoms with van der Waals surface area (Å²) >= 11 is 0. The normalized spacial score (nSPS) is 12.7. The van der Waals surface area contributed by atoms with Crippen LogP contribution >= 0.6 is 0 Å². The van der Waals surface area contributed by atoms with Gasteiger partial charge >= 0.3 is 0 Å². The first kappa shape index (κ1) is 19.0. The Kier molecular flexibility index (Phi) is 5.24. The third-order valence-electron chi connectivity index (χ3n) is 3.99. The van der Waals surface area contributed by atoms with E-state index < -0.39 is 32.6 Å². The molecule has 9 heteroatoms. The first-order valence-corrected chi connectivity index (χ1v) is 9.38. The van der Waals surface area contributed by atoms with Crippen LogP contribution in [0.25, 0.3) is 0 Å². The van der Waals surface area contributed by atoms with Crippen molar-refractivity contribution >= 4 is 10.0 Å². The van der Waals surface area contributed by atoms with Gasteiger partial charge in [-0.25, -0.2) is 22.2 Å². The molecule has 0 saturated carbocycles. The molecule has 0 spiro atoms. The van der Waals surface area contributed by atoms with Crippen LogP contribution in [0.4, 0.5) is 8.78 Å². The highest BCUT2D eigenvalue weighted by molar-refractivity contribution is 7.89. The SMILES string of the molecule is COc1ccc(C(NS(=O)(=O)c2cc(F)cc(F)c2)c2nccn2C)cc1. The van der Waals surface area contributed by atoms with Crippen molar-refractivity contribution in [3.63, 3.8) is 0 Å². The summed E-state index contributed by atoms with van der Waals surface area (Å²) in [5, 5.41) is 0. The lowest BCUT2D eigenvalue weighted by Crippen LogP contribution is -2.31. The lowest BCUT2D eigenvalue weighted by Gasteiger charge is -2.19. The van der Waals surface area contributed by atoms with E-state index in [1.807, 2.05) is 0 Å². The average molecular weight is 393 g/mol. The van der Waals surface area contributed by atoms with Crippen molar-refractivity contribution in [1.29, 1.82) is 0 Å². The van der Waals surface area contributed by atoms with Gasteiger partial charge in [0, 0.05) is 25.5 Å². The summed E-state index contributed by atoms with van der Waals surface area (Å²) in [7, 11) is -0.988. The summed E-state index contributed by atoms with van der Waals surface area (Å²) < 4.78 is 61.7. The maximum absolute atomic E-state index is 13.5. The summed E-state index contributed by atoms with van der Waals surface area (Å²) in [6, 6.07) is 8.00. The number of ether oxygens (including phenoxy) is 1. The van der Waals surface area contributed by atoms with Crippen LogP contribution in [-0.4, -0.2) is 25.1 Å². The molecule has 0 aliphatic carbocycles. The molecule has 0 fully saturated rings. The third kappa shape index (κ3) is 4.15. The fourth-order valence-corrected chi connectivity index (χ4v) is 3.85. The molecule has 0 amide bonds. The zero-order valence-corrected chi connectivity index (χ0v) is 15.4. The first-order valence-electron chi connectivity index (χ1n) is 7.90. The molecule has 1 heterocycles. The van der Waals surface area contributed by atoms with E-state index in [9.17, 15) is 17.2 Å². The molecule has 1 atom stereocenters. The number of hydrogen-bond donors (Lipinski definition) is 1. The van der Waals surface area contributed by atoms with E-state index in [-0.39, 0.29) is 0 Å². The third-order valence-corrected chi connectivity index (χ3v) is 5.39. The number of nitrogens with one attached hydrogen (secondary N) is 1. The molecule has 27 heavy (non-hydrogen) atoms. The quantitative estimate of drug-likeness (QED) is 0.699. The van der Waals surface area contributed by atoms with Crippen LogP contribution < -0.4 is 9.46 Å². The number of sulfonamides is 1. The van der Waals surface area contributed by atoms with Crippen molar-refractivity contribution in [3.8, 4) is 5.75 Å². The molecule has 0 aliphatic heterocycles. The number of aromatic nitrogens is 2. The Morgan fingerprint density at radius 1 is 1.11 bits per heavy atom. The molecule has 3 aromatic rings. The topological polar surface area (TPSA) is 73.2 Å². The number of methoxy groups -OCH3 is 1. The van der Waals surface area contributed by atoms with Crippen molar-refractivity contribution in [2.45, 2.75) is 10.9 Å². The van der Waals surface area contributed by atoms with E-state index in [0.29, 0.717) is 23.2 Å². The molecule has 3 rings (SSSR count). The Morgan fingerprint density at radius 3 is 2.26 bits per heavy atom. The van der Waals surface area contributed by atoms with Crippen molar-refractivity contribution in [2.75, 3.05) is 7.11 Å². The smallest absolute Gasteiger partial charge is 0.241 e. The monoisotopic (exact) mass is 393 g/mol.